The Balaban J connectivity index is 1.87. The van der Waals surface area contributed by atoms with E-state index in [0.717, 1.165) is 36.0 Å². The first-order valence-electron chi connectivity index (χ1n) is 8.91. The molecule has 0 radical (unpaired) electrons. The lowest BCUT2D eigenvalue weighted by atomic mass is 10.0. The average Bonchev–Trinajstić information content (AvgIpc) is 2.64. The normalized spacial score (nSPS) is 13.8. The number of benzene rings is 2. The topological polar surface area (TPSA) is 60.9 Å². The molecular formula is C20H25N3O3S. The van der Waals surface area contributed by atoms with E-state index in [9.17, 15) is 13.2 Å². The summed E-state index contributed by atoms with van der Waals surface area (Å²) in [5.41, 5.74) is 3.45. The average molecular weight is 388 g/mol. The van der Waals surface area contributed by atoms with Crippen LogP contribution in [-0.4, -0.2) is 47.8 Å². The van der Waals surface area contributed by atoms with Crippen molar-refractivity contribution in [3.8, 4) is 0 Å². The van der Waals surface area contributed by atoms with Crippen LogP contribution in [0.4, 0.5) is 17.1 Å². The van der Waals surface area contributed by atoms with E-state index in [1.165, 1.54) is 4.31 Å². The summed E-state index contributed by atoms with van der Waals surface area (Å²) in [6, 6.07) is 14.9. The molecule has 1 aliphatic rings. The minimum absolute atomic E-state index is 0.214. The van der Waals surface area contributed by atoms with E-state index in [2.05, 4.69) is 0 Å². The highest BCUT2D eigenvalue weighted by Crippen LogP contribution is 2.28. The second-order valence-electron chi connectivity index (χ2n) is 6.96. The number of amides is 1. The third-order valence-electron chi connectivity index (χ3n) is 4.74. The largest absolute Gasteiger partial charge is 0.378 e. The zero-order valence-electron chi connectivity index (χ0n) is 15.9. The molecule has 1 aliphatic heterocycles. The van der Waals surface area contributed by atoms with Gasteiger partial charge in [-0.25, -0.2) is 8.42 Å². The number of carbonyl (C=O) groups is 1. The number of nitrogens with zero attached hydrogens (tertiary/aromatic N) is 3. The van der Waals surface area contributed by atoms with Crippen LogP contribution in [0, 0.1) is 0 Å². The van der Waals surface area contributed by atoms with E-state index in [1.54, 1.807) is 17.0 Å². The molecule has 6 nitrogen and oxygen atoms in total. The summed E-state index contributed by atoms with van der Waals surface area (Å²) < 4.78 is 25.9. The van der Waals surface area contributed by atoms with Crippen LogP contribution < -0.4 is 14.1 Å². The summed E-state index contributed by atoms with van der Waals surface area (Å²) in [6.07, 6.45) is 2.94. The second kappa shape index (κ2) is 7.60. The fraction of sp³-hybridized carbons (Fsp3) is 0.350. The maximum atomic E-state index is 13.0. The van der Waals surface area contributed by atoms with Gasteiger partial charge < -0.3 is 9.80 Å². The van der Waals surface area contributed by atoms with Gasteiger partial charge in [-0.05, 0) is 48.7 Å². The van der Waals surface area contributed by atoms with Gasteiger partial charge in [0.05, 0.1) is 11.9 Å². The molecule has 27 heavy (non-hydrogen) atoms. The lowest BCUT2D eigenvalue weighted by molar-refractivity contribution is -0.117. The third-order valence-corrected chi connectivity index (χ3v) is 5.89. The van der Waals surface area contributed by atoms with Crippen molar-refractivity contribution in [2.75, 3.05) is 47.5 Å². The van der Waals surface area contributed by atoms with Gasteiger partial charge in [0, 0.05) is 32.0 Å². The molecule has 2 aromatic carbocycles. The minimum atomic E-state index is -3.59. The van der Waals surface area contributed by atoms with E-state index in [-0.39, 0.29) is 12.5 Å². The van der Waals surface area contributed by atoms with Crippen LogP contribution in [0.2, 0.25) is 0 Å². The van der Waals surface area contributed by atoms with E-state index < -0.39 is 10.0 Å². The molecule has 3 rings (SSSR count). The van der Waals surface area contributed by atoms with Crippen LogP contribution in [0.5, 0.6) is 0 Å². The van der Waals surface area contributed by atoms with Gasteiger partial charge >= 0.3 is 0 Å². The van der Waals surface area contributed by atoms with Crippen molar-refractivity contribution in [1.82, 2.24) is 0 Å². The maximum Gasteiger partial charge on any atom is 0.247 e. The van der Waals surface area contributed by atoms with Gasteiger partial charge in [-0.1, -0.05) is 18.2 Å². The van der Waals surface area contributed by atoms with Gasteiger partial charge in [0.1, 0.15) is 6.54 Å². The van der Waals surface area contributed by atoms with Gasteiger partial charge in [-0.3, -0.25) is 9.10 Å². The van der Waals surface area contributed by atoms with Crippen molar-refractivity contribution in [3.05, 3.63) is 54.1 Å². The summed E-state index contributed by atoms with van der Waals surface area (Å²) in [4.78, 5) is 16.6. The Hall–Kier alpha value is -2.54. The van der Waals surface area contributed by atoms with Crippen LogP contribution >= 0.6 is 0 Å². The first-order chi connectivity index (χ1) is 12.8. The van der Waals surface area contributed by atoms with Crippen LogP contribution in [0.1, 0.15) is 12.0 Å². The molecule has 0 bridgehead atoms. The summed E-state index contributed by atoms with van der Waals surface area (Å²) in [6.45, 7) is 0.390. The number of carbonyl (C=O) groups excluding carboxylic acids is 1. The summed E-state index contributed by atoms with van der Waals surface area (Å²) in [5, 5.41) is 0. The van der Waals surface area contributed by atoms with Crippen molar-refractivity contribution in [2.24, 2.45) is 0 Å². The van der Waals surface area contributed by atoms with E-state index in [4.69, 9.17) is 0 Å². The molecule has 144 valence electrons. The molecule has 2 aromatic rings. The molecule has 0 saturated carbocycles. The van der Waals surface area contributed by atoms with Crippen LogP contribution in [0.25, 0.3) is 0 Å². The Bertz CT molecular complexity index is 924. The molecule has 0 spiro atoms. The number of rotatable bonds is 5. The van der Waals surface area contributed by atoms with Gasteiger partial charge in [0.2, 0.25) is 15.9 Å². The Morgan fingerprint density at radius 2 is 1.67 bits per heavy atom. The lowest BCUT2D eigenvalue weighted by Crippen LogP contribution is -2.44. The molecule has 1 heterocycles. The van der Waals surface area contributed by atoms with Gasteiger partial charge in [0.15, 0.2) is 0 Å². The number of sulfonamides is 1. The molecule has 1 amide bonds. The lowest BCUT2D eigenvalue weighted by Gasteiger charge is -2.32. The van der Waals surface area contributed by atoms with Crippen LogP contribution in [0.15, 0.2) is 48.5 Å². The molecule has 0 N–H and O–H groups in total. The SMILES string of the molecule is CN(C)c1ccc(N(CC(=O)N2CCCc3ccccc32)S(C)(=O)=O)cc1. The highest BCUT2D eigenvalue weighted by molar-refractivity contribution is 7.92. The quantitative estimate of drug-likeness (QED) is 0.791. The third kappa shape index (κ3) is 4.24. The zero-order chi connectivity index (χ0) is 19.6. The molecular weight excluding hydrogens is 362 g/mol. The predicted octanol–water partition coefficient (Wildman–Crippen LogP) is 2.50. The first-order valence-corrected chi connectivity index (χ1v) is 10.8. The van der Waals surface area contributed by atoms with Gasteiger partial charge in [-0.2, -0.15) is 0 Å². The minimum Gasteiger partial charge on any atom is -0.378 e. The molecule has 0 aliphatic carbocycles. The summed E-state index contributed by atoms with van der Waals surface area (Å²) in [7, 11) is 0.245. The van der Waals surface area contributed by atoms with Gasteiger partial charge in [-0.15, -0.1) is 0 Å². The predicted molar refractivity (Wildman–Crippen MR) is 110 cm³/mol. The standard InChI is InChI=1S/C20H25N3O3S/c1-21(2)17-10-12-18(13-11-17)23(27(3,25)26)15-20(24)22-14-6-8-16-7-4-5-9-19(16)22/h4-5,7,9-13H,6,8,14-15H2,1-3H3. The highest BCUT2D eigenvalue weighted by Gasteiger charge is 2.27. The summed E-state index contributed by atoms with van der Waals surface area (Å²) in [5.74, 6) is -0.218. The van der Waals surface area contributed by atoms with Crippen molar-refractivity contribution in [2.45, 2.75) is 12.8 Å². The van der Waals surface area contributed by atoms with Crippen molar-refractivity contribution in [3.63, 3.8) is 0 Å². The van der Waals surface area contributed by atoms with Crippen molar-refractivity contribution < 1.29 is 13.2 Å². The van der Waals surface area contributed by atoms with Crippen molar-refractivity contribution >= 4 is 33.0 Å². The van der Waals surface area contributed by atoms with Gasteiger partial charge in [0.25, 0.3) is 0 Å². The summed E-state index contributed by atoms with van der Waals surface area (Å²) >= 11 is 0. The Morgan fingerprint density at radius 3 is 2.30 bits per heavy atom. The van der Waals surface area contributed by atoms with Crippen molar-refractivity contribution in [1.29, 1.82) is 0 Å². The number of anilines is 3. The number of para-hydroxylation sites is 1. The molecule has 0 unspecified atom stereocenters. The molecule has 7 heteroatoms. The molecule has 0 fully saturated rings. The maximum absolute atomic E-state index is 13.0. The second-order valence-corrected chi connectivity index (χ2v) is 8.86. The Kier molecular flexibility index (Phi) is 5.41. The number of hydrogen-bond donors (Lipinski definition) is 0. The molecule has 0 atom stereocenters. The van der Waals surface area contributed by atoms with E-state index in [0.29, 0.717) is 12.2 Å². The fourth-order valence-electron chi connectivity index (χ4n) is 3.32. The first kappa shape index (κ1) is 19.2. The number of aryl methyl sites for hydroxylation is 1. The van der Waals surface area contributed by atoms with E-state index in [1.807, 2.05) is 55.4 Å². The van der Waals surface area contributed by atoms with E-state index >= 15 is 0 Å². The number of hydrogen-bond acceptors (Lipinski definition) is 4. The fourth-order valence-corrected chi connectivity index (χ4v) is 4.17. The zero-order valence-corrected chi connectivity index (χ0v) is 16.7. The van der Waals surface area contributed by atoms with Crippen LogP contribution in [-0.2, 0) is 21.2 Å². The van der Waals surface area contributed by atoms with Crippen LogP contribution in [0.3, 0.4) is 0 Å². The molecule has 0 aromatic heterocycles. The highest BCUT2D eigenvalue weighted by atomic mass is 32.2. The monoisotopic (exact) mass is 387 g/mol. The smallest absolute Gasteiger partial charge is 0.247 e. The number of fused-ring (bicyclic) bond motifs is 1. The Morgan fingerprint density at radius 1 is 1.04 bits per heavy atom. The molecule has 0 saturated heterocycles. The Labute approximate surface area is 161 Å².